The van der Waals surface area contributed by atoms with Gasteiger partial charge in [0, 0.05) is 38.0 Å². The number of hydrogen-bond acceptors (Lipinski definition) is 6. The van der Waals surface area contributed by atoms with Crippen LogP contribution in [0.4, 0.5) is 18.3 Å². The van der Waals surface area contributed by atoms with E-state index in [4.69, 9.17) is 4.98 Å². The minimum absolute atomic E-state index is 0.0690. The Kier molecular flexibility index (Phi) is 6.88. The van der Waals surface area contributed by atoms with E-state index in [1.165, 1.54) is 32.3 Å². The smallest absolute Gasteiger partial charge is 0.406 e. The molecule has 0 radical (unpaired) electrons. The molecule has 2 heterocycles. The van der Waals surface area contributed by atoms with E-state index >= 15 is 0 Å². The second-order valence-electron chi connectivity index (χ2n) is 8.07. The Hall–Kier alpha value is -2.63. The van der Waals surface area contributed by atoms with E-state index in [0.717, 1.165) is 41.5 Å². The number of sulfonamides is 1. The van der Waals surface area contributed by atoms with Gasteiger partial charge in [0.25, 0.3) is 0 Å². The van der Waals surface area contributed by atoms with Crippen LogP contribution in [-0.2, 0) is 16.4 Å². The summed E-state index contributed by atoms with van der Waals surface area (Å²) in [6, 6.07) is 10.5. The lowest BCUT2D eigenvalue weighted by Gasteiger charge is -2.33. The number of aryl methyl sites for hydroxylation is 1. The Balaban J connectivity index is 1.38. The molecule has 0 bridgehead atoms. The first-order valence-electron chi connectivity index (χ1n) is 10.6. The number of rotatable bonds is 6. The maximum Gasteiger partial charge on any atom is 0.573 e. The van der Waals surface area contributed by atoms with Gasteiger partial charge >= 0.3 is 6.36 Å². The minimum atomic E-state index is -4.83. The molecule has 3 aromatic rings. The molecule has 4 rings (SSSR count). The summed E-state index contributed by atoms with van der Waals surface area (Å²) >= 11 is 1.54. The van der Waals surface area contributed by atoms with Gasteiger partial charge in [-0.2, -0.15) is 4.31 Å². The molecule has 34 heavy (non-hydrogen) atoms. The third kappa shape index (κ3) is 5.53. The molecule has 6 nitrogen and oxygen atoms in total. The topological polar surface area (TPSA) is 62.7 Å². The molecule has 0 atom stereocenters. The average molecular weight is 512 g/mol. The van der Waals surface area contributed by atoms with Crippen molar-refractivity contribution in [2.75, 3.05) is 31.1 Å². The summed E-state index contributed by atoms with van der Waals surface area (Å²) in [5, 5.41) is 2.89. The Bertz CT molecular complexity index is 1250. The van der Waals surface area contributed by atoms with Crippen LogP contribution in [0, 0.1) is 13.8 Å². The van der Waals surface area contributed by atoms with Crippen LogP contribution in [0.1, 0.15) is 22.4 Å². The molecule has 1 aromatic heterocycles. The van der Waals surface area contributed by atoms with Gasteiger partial charge in [-0.1, -0.05) is 18.2 Å². The monoisotopic (exact) mass is 511 g/mol. The van der Waals surface area contributed by atoms with E-state index in [2.05, 4.69) is 35.6 Å². The Morgan fingerprint density at radius 1 is 1.03 bits per heavy atom. The zero-order chi connectivity index (χ0) is 24.5. The van der Waals surface area contributed by atoms with Crippen molar-refractivity contribution in [2.24, 2.45) is 0 Å². The van der Waals surface area contributed by atoms with Crippen LogP contribution in [0.2, 0.25) is 0 Å². The van der Waals surface area contributed by atoms with Gasteiger partial charge in [0.1, 0.15) is 5.75 Å². The fraction of sp³-hybridized carbons (Fsp3) is 0.348. The molecular formula is C23H24F3N3O3S2. The number of aromatic nitrogens is 1. The van der Waals surface area contributed by atoms with E-state index in [9.17, 15) is 21.6 Å². The highest BCUT2D eigenvalue weighted by atomic mass is 32.2. The van der Waals surface area contributed by atoms with Crippen molar-refractivity contribution in [3.05, 3.63) is 70.2 Å². The molecule has 0 saturated carbocycles. The standard InChI is InChI=1S/C23H24F3N3O3S2/c1-16-4-3-5-18(17(16)2)14-19-15-33-22(27-19)28-10-12-29(13-11-28)34(30,31)21-8-6-20(7-9-21)32-23(24,25)26/h3-9,15H,10-14H2,1-2H3. The van der Waals surface area contributed by atoms with Gasteiger partial charge in [-0.3, -0.25) is 0 Å². The molecule has 1 aliphatic rings. The van der Waals surface area contributed by atoms with Crippen molar-refractivity contribution in [1.29, 1.82) is 0 Å². The van der Waals surface area contributed by atoms with Crippen molar-refractivity contribution in [3.8, 4) is 5.75 Å². The summed E-state index contributed by atoms with van der Waals surface area (Å²) in [6.45, 7) is 5.66. The van der Waals surface area contributed by atoms with Crippen molar-refractivity contribution < 1.29 is 26.3 Å². The zero-order valence-corrected chi connectivity index (χ0v) is 20.3. The lowest BCUT2D eigenvalue weighted by atomic mass is 10.0. The fourth-order valence-corrected chi connectivity index (χ4v) is 6.10. The van der Waals surface area contributed by atoms with Crippen molar-refractivity contribution in [1.82, 2.24) is 9.29 Å². The summed E-state index contributed by atoms with van der Waals surface area (Å²) in [5.41, 5.74) is 4.71. The SMILES string of the molecule is Cc1cccc(Cc2csc(N3CCN(S(=O)(=O)c4ccc(OC(F)(F)F)cc4)CC3)n2)c1C. The number of halogens is 3. The summed E-state index contributed by atoms with van der Waals surface area (Å²) in [5.74, 6) is -0.461. The maximum absolute atomic E-state index is 12.9. The third-order valence-electron chi connectivity index (χ3n) is 5.83. The van der Waals surface area contributed by atoms with E-state index in [-0.39, 0.29) is 18.0 Å². The Labute approximate surface area is 200 Å². The van der Waals surface area contributed by atoms with Gasteiger partial charge in [-0.25, -0.2) is 13.4 Å². The highest BCUT2D eigenvalue weighted by Gasteiger charge is 2.32. The van der Waals surface area contributed by atoms with Crippen molar-refractivity contribution >= 4 is 26.5 Å². The van der Waals surface area contributed by atoms with Crippen LogP contribution in [-0.4, -0.2) is 50.2 Å². The quantitative estimate of drug-likeness (QED) is 0.478. The molecule has 0 spiro atoms. The first kappa shape index (κ1) is 24.5. The second kappa shape index (κ2) is 9.55. The van der Waals surface area contributed by atoms with Crippen LogP contribution in [0.25, 0.3) is 0 Å². The first-order chi connectivity index (χ1) is 16.0. The van der Waals surface area contributed by atoms with Crippen LogP contribution in [0.3, 0.4) is 0 Å². The van der Waals surface area contributed by atoms with E-state index in [1.54, 1.807) is 0 Å². The molecule has 1 fully saturated rings. The normalized spacial score (nSPS) is 15.5. The molecule has 2 aromatic carbocycles. The molecule has 1 aliphatic heterocycles. The zero-order valence-electron chi connectivity index (χ0n) is 18.7. The lowest BCUT2D eigenvalue weighted by Crippen LogP contribution is -2.48. The predicted molar refractivity (Wildman–Crippen MR) is 125 cm³/mol. The summed E-state index contributed by atoms with van der Waals surface area (Å²) in [6.07, 6.45) is -4.09. The number of piperazine rings is 1. The van der Waals surface area contributed by atoms with Gasteiger partial charge in [0.2, 0.25) is 10.0 Å². The average Bonchev–Trinajstić information content (AvgIpc) is 3.25. The highest BCUT2D eigenvalue weighted by molar-refractivity contribution is 7.89. The number of alkyl halides is 3. The Morgan fingerprint density at radius 3 is 2.35 bits per heavy atom. The molecule has 0 amide bonds. The molecule has 1 saturated heterocycles. The number of anilines is 1. The van der Waals surface area contributed by atoms with Crippen LogP contribution in [0.5, 0.6) is 5.75 Å². The molecule has 182 valence electrons. The molecule has 0 N–H and O–H groups in total. The fourth-order valence-electron chi connectivity index (χ4n) is 3.80. The van der Waals surface area contributed by atoms with Crippen LogP contribution >= 0.6 is 11.3 Å². The number of thiazole rings is 1. The molecular weight excluding hydrogens is 487 g/mol. The maximum atomic E-state index is 12.9. The number of benzene rings is 2. The third-order valence-corrected chi connectivity index (χ3v) is 8.70. The summed E-state index contributed by atoms with van der Waals surface area (Å²) in [4.78, 5) is 6.75. The van der Waals surface area contributed by atoms with Gasteiger partial charge in [0.15, 0.2) is 5.13 Å². The van der Waals surface area contributed by atoms with Crippen molar-refractivity contribution in [3.63, 3.8) is 0 Å². The van der Waals surface area contributed by atoms with Gasteiger partial charge in [-0.05, 0) is 54.8 Å². The van der Waals surface area contributed by atoms with Crippen molar-refractivity contribution in [2.45, 2.75) is 31.5 Å². The minimum Gasteiger partial charge on any atom is -0.406 e. The molecule has 0 aliphatic carbocycles. The van der Waals surface area contributed by atoms with E-state index < -0.39 is 22.1 Å². The summed E-state index contributed by atoms with van der Waals surface area (Å²) < 4.78 is 68.0. The first-order valence-corrected chi connectivity index (χ1v) is 13.0. The lowest BCUT2D eigenvalue weighted by molar-refractivity contribution is -0.274. The predicted octanol–water partition coefficient (Wildman–Crippen LogP) is 4.76. The number of nitrogens with zero attached hydrogens (tertiary/aromatic N) is 3. The largest absolute Gasteiger partial charge is 0.573 e. The van der Waals surface area contributed by atoms with Gasteiger partial charge in [-0.15, -0.1) is 24.5 Å². The summed E-state index contributed by atoms with van der Waals surface area (Å²) in [7, 11) is -3.82. The molecule has 0 unspecified atom stereocenters. The number of ether oxygens (including phenoxy) is 1. The van der Waals surface area contributed by atoms with Crippen LogP contribution in [0.15, 0.2) is 52.7 Å². The van der Waals surface area contributed by atoms with E-state index in [1.807, 2.05) is 11.4 Å². The van der Waals surface area contributed by atoms with Gasteiger partial charge in [0.05, 0.1) is 10.6 Å². The number of hydrogen-bond donors (Lipinski definition) is 0. The molecule has 11 heteroatoms. The van der Waals surface area contributed by atoms with Crippen LogP contribution < -0.4 is 9.64 Å². The highest BCUT2D eigenvalue weighted by Crippen LogP contribution is 2.28. The Morgan fingerprint density at radius 2 is 1.71 bits per heavy atom. The van der Waals surface area contributed by atoms with Gasteiger partial charge < -0.3 is 9.64 Å². The second-order valence-corrected chi connectivity index (χ2v) is 10.8. The van der Waals surface area contributed by atoms with E-state index in [0.29, 0.717) is 13.1 Å².